The molecule has 0 spiro atoms. The zero-order chi connectivity index (χ0) is 18.8. The summed E-state index contributed by atoms with van der Waals surface area (Å²) >= 11 is 0. The minimum absolute atomic E-state index is 0.223. The fourth-order valence-electron chi connectivity index (χ4n) is 3.42. The van der Waals surface area contributed by atoms with Gasteiger partial charge in [0.15, 0.2) is 0 Å². The van der Waals surface area contributed by atoms with Crippen LogP contribution in [0.4, 0.5) is 0 Å². The standard InChI is InChI=1S/C20H25NO4S/c1-4-20(5-2)14-18(17-8-6-7-9-19(17)25-20)21-26(22,23)16-12-10-15(24-3)11-13-16/h6-13,18,21H,4-5,14H2,1-3H3/t18-/m1/s1. The first kappa shape index (κ1) is 18.7. The summed E-state index contributed by atoms with van der Waals surface area (Å²) in [7, 11) is -2.10. The monoisotopic (exact) mass is 375 g/mol. The first-order chi connectivity index (χ1) is 12.4. The fourth-order valence-corrected chi connectivity index (χ4v) is 4.63. The number of hydrogen-bond donors (Lipinski definition) is 1. The second-order valence-corrected chi connectivity index (χ2v) is 8.30. The molecular formula is C20H25NO4S. The molecule has 2 aromatic rings. The lowest BCUT2D eigenvalue weighted by Gasteiger charge is -2.41. The summed E-state index contributed by atoms with van der Waals surface area (Å²) in [6, 6.07) is 13.7. The number of rotatable bonds is 6. The van der Waals surface area contributed by atoms with Crippen molar-refractivity contribution in [2.45, 2.75) is 49.6 Å². The van der Waals surface area contributed by atoms with Crippen molar-refractivity contribution in [3.05, 3.63) is 54.1 Å². The Bertz CT molecular complexity index is 858. The van der Waals surface area contributed by atoms with E-state index in [-0.39, 0.29) is 16.5 Å². The molecule has 0 fully saturated rings. The van der Waals surface area contributed by atoms with Gasteiger partial charge in [0.1, 0.15) is 17.1 Å². The highest BCUT2D eigenvalue weighted by molar-refractivity contribution is 7.89. The Kier molecular flexibility index (Phi) is 5.25. The van der Waals surface area contributed by atoms with Gasteiger partial charge in [-0.05, 0) is 43.2 Å². The lowest BCUT2D eigenvalue weighted by molar-refractivity contribution is 0.0260. The molecule has 1 N–H and O–H groups in total. The van der Waals surface area contributed by atoms with Crippen molar-refractivity contribution in [2.75, 3.05) is 7.11 Å². The van der Waals surface area contributed by atoms with Crippen molar-refractivity contribution in [3.63, 3.8) is 0 Å². The van der Waals surface area contributed by atoms with Crippen molar-refractivity contribution in [1.29, 1.82) is 0 Å². The molecule has 1 heterocycles. The Morgan fingerprint density at radius 3 is 2.38 bits per heavy atom. The van der Waals surface area contributed by atoms with Gasteiger partial charge in [0, 0.05) is 12.0 Å². The summed E-state index contributed by atoms with van der Waals surface area (Å²) < 4.78 is 40.0. The maximum atomic E-state index is 12.9. The third-order valence-corrected chi connectivity index (χ3v) is 6.64. The zero-order valence-corrected chi connectivity index (χ0v) is 16.2. The van der Waals surface area contributed by atoms with Gasteiger partial charge in [-0.1, -0.05) is 32.0 Å². The third kappa shape index (κ3) is 3.57. The molecule has 0 radical (unpaired) electrons. The number of fused-ring (bicyclic) bond motifs is 1. The number of hydrogen-bond acceptors (Lipinski definition) is 4. The summed E-state index contributed by atoms with van der Waals surface area (Å²) in [4.78, 5) is 0.223. The van der Waals surface area contributed by atoms with Gasteiger partial charge < -0.3 is 9.47 Å². The van der Waals surface area contributed by atoms with Gasteiger partial charge in [-0.15, -0.1) is 0 Å². The van der Waals surface area contributed by atoms with Crippen LogP contribution in [-0.2, 0) is 10.0 Å². The highest BCUT2D eigenvalue weighted by Crippen LogP contribution is 2.43. The van der Waals surface area contributed by atoms with Crippen molar-refractivity contribution in [1.82, 2.24) is 4.72 Å². The minimum Gasteiger partial charge on any atom is -0.497 e. The average Bonchev–Trinajstić information content (AvgIpc) is 2.67. The summed E-state index contributed by atoms with van der Waals surface area (Å²) in [5, 5.41) is 0. The second kappa shape index (κ2) is 7.29. The molecule has 0 amide bonds. The van der Waals surface area contributed by atoms with Crippen LogP contribution in [0.2, 0.25) is 0 Å². The summed E-state index contributed by atoms with van der Waals surface area (Å²) in [5.74, 6) is 1.38. The van der Waals surface area contributed by atoms with Crippen molar-refractivity contribution in [2.24, 2.45) is 0 Å². The molecule has 0 unspecified atom stereocenters. The molecule has 6 heteroatoms. The number of methoxy groups -OCH3 is 1. The smallest absolute Gasteiger partial charge is 0.241 e. The van der Waals surface area contributed by atoms with E-state index < -0.39 is 10.0 Å². The number of benzene rings is 2. The molecule has 5 nitrogen and oxygen atoms in total. The SMILES string of the molecule is CCC1(CC)C[C@@H](NS(=O)(=O)c2ccc(OC)cc2)c2ccccc2O1. The Morgan fingerprint density at radius 1 is 1.12 bits per heavy atom. The predicted octanol–water partition coefficient (Wildman–Crippen LogP) is 4.06. The van der Waals surface area contributed by atoms with Gasteiger partial charge in [-0.3, -0.25) is 0 Å². The van der Waals surface area contributed by atoms with Gasteiger partial charge in [-0.2, -0.15) is 0 Å². The topological polar surface area (TPSA) is 64.6 Å². The Labute approximate surface area is 155 Å². The molecule has 0 saturated heterocycles. The zero-order valence-electron chi connectivity index (χ0n) is 15.4. The number of para-hydroxylation sites is 1. The van der Waals surface area contributed by atoms with Crippen LogP contribution in [0, 0.1) is 0 Å². The molecule has 0 aliphatic carbocycles. The highest BCUT2D eigenvalue weighted by Gasteiger charge is 2.39. The van der Waals surface area contributed by atoms with Crippen molar-refractivity contribution >= 4 is 10.0 Å². The molecule has 140 valence electrons. The minimum atomic E-state index is -3.66. The van der Waals surface area contributed by atoms with E-state index in [4.69, 9.17) is 9.47 Å². The van der Waals surface area contributed by atoms with E-state index in [0.29, 0.717) is 12.2 Å². The molecule has 1 atom stereocenters. The number of sulfonamides is 1. The van der Waals surface area contributed by atoms with Crippen molar-refractivity contribution < 1.29 is 17.9 Å². The normalized spacial score (nSPS) is 18.7. The molecule has 0 saturated carbocycles. The van der Waals surface area contributed by atoms with E-state index in [1.54, 1.807) is 31.4 Å². The molecule has 3 rings (SSSR count). The van der Waals surface area contributed by atoms with Gasteiger partial charge in [0.25, 0.3) is 0 Å². The van der Waals surface area contributed by atoms with E-state index in [0.717, 1.165) is 24.2 Å². The summed E-state index contributed by atoms with van der Waals surface area (Å²) in [6.07, 6.45) is 2.24. The van der Waals surface area contributed by atoms with E-state index in [9.17, 15) is 8.42 Å². The molecular weight excluding hydrogens is 350 g/mol. The first-order valence-corrected chi connectivity index (χ1v) is 10.4. The van der Waals surface area contributed by atoms with Gasteiger partial charge >= 0.3 is 0 Å². The molecule has 0 aromatic heterocycles. The van der Waals surface area contributed by atoms with E-state index in [2.05, 4.69) is 18.6 Å². The lowest BCUT2D eigenvalue weighted by Crippen LogP contribution is -2.44. The third-order valence-electron chi connectivity index (χ3n) is 5.15. The molecule has 2 aromatic carbocycles. The van der Waals surface area contributed by atoms with E-state index >= 15 is 0 Å². The molecule has 1 aliphatic heterocycles. The number of ether oxygens (including phenoxy) is 2. The van der Waals surface area contributed by atoms with Crippen LogP contribution in [0.25, 0.3) is 0 Å². The maximum Gasteiger partial charge on any atom is 0.241 e. The van der Waals surface area contributed by atoms with Crippen LogP contribution < -0.4 is 14.2 Å². The van der Waals surface area contributed by atoms with Crippen molar-refractivity contribution in [3.8, 4) is 11.5 Å². The van der Waals surface area contributed by atoms with E-state index in [1.165, 1.54) is 0 Å². The van der Waals surface area contributed by atoms with Crippen LogP contribution in [-0.4, -0.2) is 21.1 Å². The first-order valence-electron chi connectivity index (χ1n) is 8.87. The highest BCUT2D eigenvalue weighted by atomic mass is 32.2. The van der Waals surface area contributed by atoms with Gasteiger partial charge in [0.05, 0.1) is 18.0 Å². The van der Waals surface area contributed by atoms with Crippen LogP contribution in [0.15, 0.2) is 53.4 Å². The lowest BCUT2D eigenvalue weighted by atomic mass is 9.84. The largest absolute Gasteiger partial charge is 0.497 e. The van der Waals surface area contributed by atoms with Crippen LogP contribution in [0.5, 0.6) is 11.5 Å². The van der Waals surface area contributed by atoms with Crippen LogP contribution in [0.1, 0.15) is 44.7 Å². The van der Waals surface area contributed by atoms with Crippen LogP contribution in [0.3, 0.4) is 0 Å². The molecule has 1 aliphatic rings. The fraction of sp³-hybridized carbons (Fsp3) is 0.400. The number of nitrogens with one attached hydrogen (secondary N) is 1. The quantitative estimate of drug-likeness (QED) is 0.827. The van der Waals surface area contributed by atoms with Gasteiger partial charge in [-0.25, -0.2) is 13.1 Å². The molecule has 26 heavy (non-hydrogen) atoms. The Hall–Kier alpha value is -2.05. The second-order valence-electron chi connectivity index (χ2n) is 6.58. The Morgan fingerprint density at radius 2 is 1.77 bits per heavy atom. The van der Waals surface area contributed by atoms with Gasteiger partial charge in [0.2, 0.25) is 10.0 Å². The predicted molar refractivity (Wildman–Crippen MR) is 101 cm³/mol. The summed E-state index contributed by atoms with van der Waals surface area (Å²) in [6.45, 7) is 4.15. The Balaban J connectivity index is 1.94. The van der Waals surface area contributed by atoms with E-state index in [1.807, 2.05) is 24.3 Å². The average molecular weight is 375 g/mol. The maximum absolute atomic E-state index is 12.9. The summed E-state index contributed by atoms with van der Waals surface area (Å²) in [5.41, 5.74) is 0.517. The molecule has 0 bridgehead atoms. The van der Waals surface area contributed by atoms with Crippen LogP contribution >= 0.6 is 0 Å².